The lowest BCUT2D eigenvalue weighted by molar-refractivity contribution is -0.140. The maximum absolute atomic E-state index is 13.0. The van der Waals surface area contributed by atoms with Crippen LogP contribution in [0, 0.1) is 0 Å². The van der Waals surface area contributed by atoms with Crippen molar-refractivity contribution in [3.63, 3.8) is 0 Å². The lowest BCUT2D eigenvalue weighted by Gasteiger charge is -2.36. The molecule has 0 unspecified atom stereocenters. The topological polar surface area (TPSA) is 98.8 Å². The van der Waals surface area contributed by atoms with Gasteiger partial charge in [0.05, 0.1) is 46.1 Å². The van der Waals surface area contributed by atoms with Gasteiger partial charge in [-0.15, -0.1) is 0 Å². The van der Waals surface area contributed by atoms with Crippen molar-refractivity contribution in [3.05, 3.63) is 77.9 Å². The molecule has 3 aromatic rings. The molecule has 1 saturated heterocycles. The number of carbonyl (C=O) groups excluding carboxylic acids is 2. The summed E-state index contributed by atoms with van der Waals surface area (Å²) in [5.41, 5.74) is 4.20. The van der Waals surface area contributed by atoms with Crippen LogP contribution in [0.5, 0.6) is 17.2 Å². The van der Waals surface area contributed by atoms with Crippen LogP contribution in [0.15, 0.2) is 66.7 Å². The third-order valence-corrected chi connectivity index (χ3v) is 7.94. The average molecular weight is 618 g/mol. The zero-order valence-electron chi connectivity index (χ0n) is 26.2. The Bertz CT molecular complexity index is 1410. The molecule has 1 atom stereocenters. The van der Waals surface area contributed by atoms with E-state index >= 15 is 0 Å². The molecule has 2 aliphatic heterocycles. The second-order valence-corrected chi connectivity index (χ2v) is 11.1. The van der Waals surface area contributed by atoms with E-state index in [2.05, 4.69) is 22.3 Å². The first-order valence-electron chi connectivity index (χ1n) is 15.6. The predicted octanol–water partition coefficient (Wildman–Crippen LogP) is 4.38. The average Bonchev–Trinajstić information content (AvgIpc) is 3.06. The van der Waals surface area contributed by atoms with Crippen molar-refractivity contribution in [1.29, 1.82) is 0 Å². The van der Waals surface area contributed by atoms with E-state index in [0.29, 0.717) is 46.1 Å². The number of para-hydroxylation sites is 1. The Morgan fingerprint density at radius 2 is 1.80 bits per heavy atom. The zero-order valence-corrected chi connectivity index (χ0v) is 26.2. The SMILES string of the molecule is COc1ccccc1COCCCOc1ccc(N2C(=O)CNC[C@@H]2COc2ccc3c(c2)N(CCOC(C)=O)CCC3)cc1. The van der Waals surface area contributed by atoms with Crippen LogP contribution in [0.25, 0.3) is 0 Å². The molecule has 5 rings (SSSR count). The largest absolute Gasteiger partial charge is 0.496 e. The van der Waals surface area contributed by atoms with Crippen LogP contribution in [-0.2, 0) is 32.1 Å². The Morgan fingerprint density at radius 3 is 2.62 bits per heavy atom. The van der Waals surface area contributed by atoms with E-state index in [0.717, 1.165) is 60.0 Å². The van der Waals surface area contributed by atoms with Gasteiger partial charge in [0.1, 0.15) is 30.5 Å². The molecule has 2 heterocycles. The van der Waals surface area contributed by atoms with Gasteiger partial charge in [-0.05, 0) is 54.8 Å². The van der Waals surface area contributed by atoms with Gasteiger partial charge in [-0.2, -0.15) is 0 Å². The molecule has 0 saturated carbocycles. The fraction of sp³-hybridized carbons (Fsp3) is 0.429. The van der Waals surface area contributed by atoms with Crippen LogP contribution < -0.4 is 29.3 Å². The number of hydrogen-bond donors (Lipinski definition) is 1. The molecule has 1 fully saturated rings. The zero-order chi connectivity index (χ0) is 31.4. The molecular formula is C35H43N3O7. The fourth-order valence-corrected chi connectivity index (χ4v) is 5.72. The molecule has 45 heavy (non-hydrogen) atoms. The van der Waals surface area contributed by atoms with Crippen LogP contribution in [0.3, 0.4) is 0 Å². The predicted molar refractivity (Wildman–Crippen MR) is 172 cm³/mol. The highest BCUT2D eigenvalue weighted by molar-refractivity contribution is 5.96. The number of nitrogens with one attached hydrogen (secondary N) is 1. The third-order valence-electron chi connectivity index (χ3n) is 7.94. The van der Waals surface area contributed by atoms with Crippen molar-refractivity contribution in [2.24, 2.45) is 0 Å². The molecular weight excluding hydrogens is 574 g/mol. The monoisotopic (exact) mass is 617 g/mol. The van der Waals surface area contributed by atoms with E-state index in [1.807, 2.05) is 59.5 Å². The molecule has 0 aliphatic carbocycles. The summed E-state index contributed by atoms with van der Waals surface area (Å²) in [6.07, 6.45) is 2.81. The highest BCUT2D eigenvalue weighted by Gasteiger charge is 2.30. The number of carbonyl (C=O) groups is 2. The molecule has 1 N–H and O–H groups in total. The Kier molecular flexibility index (Phi) is 11.5. The molecule has 10 nitrogen and oxygen atoms in total. The number of ether oxygens (including phenoxy) is 5. The van der Waals surface area contributed by atoms with Crippen LogP contribution in [0.4, 0.5) is 11.4 Å². The summed E-state index contributed by atoms with van der Waals surface area (Å²) in [5.74, 6) is 2.05. The summed E-state index contributed by atoms with van der Waals surface area (Å²) in [4.78, 5) is 28.3. The summed E-state index contributed by atoms with van der Waals surface area (Å²) in [6, 6.07) is 21.4. The number of piperazine rings is 1. The van der Waals surface area contributed by atoms with Gasteiger partial charge in [0.15, 0.2) is 0 Å². The number of hydrogen-bond acceptors (Lipinski definition) is 9. The van der Waals surface area contributed by atoms with E-state index in [4.69, 9.17) is 23.7 Å². The number of anilines is 2. The number of fused-ring (bicyclic) bond motifs is 1. The van der Waals surface area contributed by atoms with E-state index in [9.17, 15) is 9.59 Å². The highest BCUT2D eigenvalue weighted by Crippen LogP contribution is 2.31. The first-order valence-corrected chi connectivity index (χ1v) is 15.6. The van der Waals surface area contributed by atoms with E-state index in [1.54, 1.807) is 7.11 Å². The van der Waals surface area contributed by atoms with Gasteiger partial charge in [0, 0.05) is 49.4 Å². The number of benzene rings is 3. The van der Waals surface area contributed by atoms with Crippen molar-refractivity contribution >= 4 is 23.3 Å². The Morgan fingerprint density at radius 1 is 0.978 bits per heavy atom. The highest BCUT2D eigenvalue weighted by atomic mass is 16.5. The van der Waals surface area contributed by atoms with Gasteiger partial charge < -0.3 is 38.8 Å². The molecule has 1 amide bonds. The molecule has 0 bridgehead atoms. The molecule has 0 aromatic heterocycles. The maximum atomic E-state index is 13.0. The first kappa shape index (κ1) is 32.1. The summed E-state index contributed by atoms with van der Waals surface area (Å²) in [7, 11) is 1.66. The maximum Gasteiger partial charge on any atom is 0.302 e. The Balaban J connectivity index is 1.11. The van der Waals surface area contributed by atoms with Gasteiger partial charge in [-0.1, -0.05) is 24.3 Å². The van der Waals surface area contributed by atoms with Crippen molar-refractivity contribution < 1.29 is 33.3 Å². The van der Waals surface area contributed by atoms with Gasteiger partial charge in [-0.3, -0.25) is 9.59 Å². The van der Waals surface area contributed by atoms with Crippen LogP contribution in [0.1, 0.15) is 30.9 Å². The summed E-state index contributed by atoms with van der Waals surface area (Å²) in [5, 5.41) is 3.22. The molecule has 10 heteroatoms. The van der Waals surface area contributed by atoms with E-state index < -0.39 is 0 Å². The number of amides is 1. The fourth-order valence-electron chi connectivity index (χ4n) is 5.72. The van der Waals surface area contributed by atoms with Crippen LogP contribution in [0.2, 0.25) is 0 Å². The summed E-state index contributed by atoms with van der Waals surface area (Å²) >= 11 is 0. The standard InChI is InChI=1S/C35H43N3O7/c1-26(39)43-20-17-37-16-5-8-27-10-13-32(21-33(27)37)45-25-30-22-36-23-35(40)38(30)29-11-14-31(15-12-29)44-19-6-18-42-24-28-7-3-4-9-34(28)41-2/h3-4,7,9-15,21,30,36H,5-6,8,16-20,22-25H2,1-2H3/t30-/m1/s1. The van der Waals surface area contributed by atoms with Crippen LogP contribution >= 0.6 is 0 Å². The van der Waals surface area contributed by atoms with Crippen molar-refractivity contribution in [2.75, 3.05) is 69.5 Å². The summed E-state index contributed by atoms with van der Waals surface area (Å²) in [6.45, 7) is 6.16. The molecule has 240 valence electrons. The number of esters is 1. The second kappa shape index (κ2) is 16.2. The number of nitrogens with zero attached hydrogens (tertiary/aromatic N) is 2. The molecule has 3 aromatic carbocycles. The van der Waals surface area contributed by atoms with Gasteiger partial charge in [0.25, 0.3) is 0 Å². The van der Waals surface area contributed by atoms with Crippen molar-refractivity contribution in [3.8, 4) is 17.2 Å². The van der Waals surface area contributed by atoms with E-state index in [1.165, 1.54) is 12.5 Å². The smallest absolute Gasteiger partial charge is 0.302 e. The lowest BCUT2D eigenvalue weighted by Crippen LogP contribution is -2.57. The minimum Gasteiger partial charge on any atom is -0.496 e. The van der Waals surface area contributed by atoms with Gasteiger partial charge >= 0.3 is 5.97 Å². The summed E-state index contributed by atoms with van der Waals surface area (Å²) < 4.78 is 28.5. The normalized spacial score (nSPS) is 16.2. The quantitative estimate of drug-likeness (QED) is 0.197. The first-order chi connectivity index (χ1) is 22.0. The Hall–Kier alpha value is -4.28. The minimum absolute atomic E-state index is 0.00204. The third kappa shape index (κ3) is 8.89. The number of methoxy groups -OCH3 is 1. The molecule has 0 radical (unpaired) electrons. The minimum atomic E-state index is -0.270. The van der Waals surface area contributed by atoms with Crippen LogP contribution in [-0.4, -0.2) is 77.6 Å². The lowest BCUT2D eigenvalue weighted by atomic mass is 10.0. The van der Waals surface area contributed by atoms with E-state index in [-0.39, 0.29) is 24.5 Å². The van der Waals surface area contributed by atoms with Gasteiger partial charge in [0.2, 0.25) is 5.91 Å². The Labute approximate surface area is 265 Å². The van der Waals surface area contributed by atoms with Gasteiger partial charge in [-0.25, -0.2) is 0 Å². The second-order valence-electron chi connectivity index (χ2n) is 11.1. The number of rotatable bonds is 15. The molecule has 2 aliphatic rings. The number of aryl methyl sites for hydroxylation is 1. The van der Waals surface area contributed by atoms with Crippen molar-refractivity contribution in [1.82, 2.24) is 5.32 Å². The molecule has 0 spiro atoms. The van der Waals surface area contributed by atoms with Crippen molar-refractivity contribution in [2.45, 2.75) is 38.8 Å².